The number of thiophene rings is 1. The largest absolute Gasteiger partial charge is 0.276 e. The molecule has 3 aromatic rings. The highest BCUT2D eigenvalue weighted by Crippen LogP contribution is 2.14. The molecule has 1 aromatic carbocycles. The van der Waals surface area contributed by atoms with Crippen molar-refractivity contribution in [3.05, 3.63) is 58.9 Å². The minimum Gasteiger partial charge on any atom is -0.276 e. The summed E-state index contributed by atoms with van der Waals surface area (Å²) in [6.07, 6.45) is 2.01. The normalized spacial score (nSPS) is 10.0. The van der Waals surface area contributed by atoms with Crippen LogP contribution in [0, 0.1) is 12.0 Å². The van der Waals surface area contributed by atoms with Crippen LogP contribution in [0.15, 0.2) is 54.0 Å². The van der Waals surface area contributed by atoms with Crippen molar-refractivity contribution >= 4 is 22.2 Å². The Kier molecular flexibility index (Phi) is 2.25. The van der Waals surface area contributed by atoms with Crippen LogP contribution in [0.3, 0.4) is 0 Å². The molecule has 0 bridgehead atoms. The SMILES string of the molecule is C(#Cn1ccc2ccccc21)c1cccs1. The van der Waals surface area contributed by atoms with Gasteiger partial charge in [-0.15, -0.1) is 11.3 Å². The Morgan fingerprint density at radius 2 is 1.94 bits per heavy atom. The van der Waals surface area contributed by atoms with E-state index in [9.17, 15) is 0 Å². The molecule has 0 amide bonds. The number of hydrogen-bond donors (Lipinski definition) is 0. The third-order valence-corrected chi connectivity index (χ3v) is 3.21. The summed E-state index contributed by atoms with van der Waals surface area (Å²) in [6.45, 7) is 0. The van der Waals surface area contributed by atoms with Crippen LogP contribution in [-0.2, 0) is 0 Å². The van der Waals surface area contributed by atoms with Gasteiger partial charge in [-0.05, 0) is 29.5 Å². The molecule has 2 heterocycles. The van der Waals surface area contributed by atoms with E-state index >= 15 is 0 Å². The van der Waals surface area contributed by atoms with Gasteiger partial charge in [0.15, 0.2) is 0 Å². The Labute approximate surface area is 98.0 Å². The summed E-state index contributed by atoms with van der Waals surface area (Å²) >= 11 is 1.66. The van der Waals surface area contributed by atoms with Crippen LogP contribution in [0.4, 0.5) is 0 Å². The minimum atomic E-state index is 1.10. The van der Waals surface area contributed by atoms with Gasteiger partial charge in [-0.2, -0.15) is 0 Å². The predicted molar refractivity (Wildman–Crippen MR) is 68.5 cm³/mol. The van der Waals surface area contributed by atoms with E-state index in [0.29, 0.717) is 0 Å². The van der Waals surface area contributed by atoms with E-state index < -0.39 is 0 Å². The minimum absolute atomic E-state index is 1.10. The van der Waals surface area contributed by atoms with Gasteiger partial charge in [0, 0.05) is 17.6 Å². The second-order valence-electron chi connectivity index (χ2n) is 3.46. The van der Waals surface area contributed by atoms with E-state index in [-0.39, 0.29) is 0 Å². The molecule has 16 heavy (non-hydrogen) atoms. The van der Waals surface area contributed by atoms with Crippen molar-refractivity contribution in [2.75, 3.05) is 0 Å². The van der Waals surface area contributed by atoms with Crippen molar-refractivity contribution in [2.45, 2.75) is 0 Å². The second kappa shape index (κ2) is 3.88. The Balaban J connectivity index is 2.07. The monoisotopic (exact) mass is 223 g/mol. The molecule has 0 atom stereocenters. The fraction of sp³-hybridized carbons (Fsp3) is 0. The average Bonchev–Trinajstić information content (AvgIpc) is 2.96. The van der Waals surface area contributed by atoms with Gasteiger partial charge in [-0.1, -0.05) is 24.3 Å². The standard InChI is InChI=1S/C14H9NS/c1-2-6-14-12(4-1)7-9-15(14)10-8-13-5-3-11-16-13/h1-7,9,11H. The maximum atomic E-state index is 3.15. The molecular formula is C14H9NS. The Morgan fingerprint density at radius 3 is 2.81 bits per heavy atom. The van der Waals surface area contributed by atoms with E-state index in [1.807, 2.05) is 40.4 Å². The Morgan fingerprint density at radius 1 is 1.00 bits per heavy atom. The molecule has 0 aliphatic heterocycles. The van der Waals surface area contributed by atoms with E-state index in [0.717, 1.165) is 10.4 Å². The average molecular weight is 223 g/mol. The first-order chi connectivity index (χ1) is 7.93. The molecule has 2 aromatic heterocycles. The summed E-state index contributed by atoms with van der Waals surface area (Å²) in [7, 11) is 0. The smallest absolute Gasteiger partial charge is 0.0787 e. The molecule has 0 spiro atoms. The topological polar surface area (TPSA) is 4.93 Å². The lowest BCUT2D eigenvalue weighted by atomic mass is 10.2. The van der Waals surface area contributed by atoms with E-state index in [2.05, 4.69) is 30.2 Å². The summed E-state index contributed by atoms with van der Waals surface area (Å²) in [5, 5.41) is 3.26. The van der Waals surface area contributed by atoms with Gasteiger partial charge in [0.2, 0.25) is 0 Å². The van der Waals surface area contributed by atoms with Crippen LogP contribution in [0.5, 0.6) is 0 Å². The second-order valence-corrected chi connectivity index (χ2v) is 4.41. The summed E-state index contributed by atoms with van der Waals surface area (Å²) in [6, 6.07) is 17.5. The molecule has 0 saturated carbocycles. The van der Waals surface area contributed by atoms with Gasteiger partial charge in [0.1, 0.15) is 0 Å². The fourth-order valence-corrected chi connectivity index (χ4v) is 2.21. The first kappa shape index (κ1) is 9.26. The summed E-state index contributed by atoms with van der Waals surface area (Å²) in [4.78, 5) is 1.10. The van der Waals surface area contributed by atoms with Crippen molar-refractivity contribution in [3.63, 3.8) is 0 Å². The predicted octanol–water partition coefficient (Wildman–Crippen LogP) is 3.56. The lowest BCUT2D eigenvalue weighted by Gasteiger charge is -1.92. The van der Waals surface area contributed by atoms with Crippen LogP contribution in [0.2, 0.25) is 0 Å². The van der Waals surface area contributed by atoms with Crippen molar-refractivity contribution in [3.8, 4) is 12.0 Å². The van der Waals surface area contributed by atoms with Gasteiger partial charge in [-0.3, -0.25) is 4.57 Å². The summed E-state index contributed by atoms with van der Waals surface area (Å²) < 4.78 is 1.97. The number of fused-ring (bicyclic) bond motifs is 1. The first-order valence-corrected chi connectivity index (χ1v) is 5.93. The molecule has 0 fully saturated rings. The molecular weight excluding hydrogens is 214 g/mol. The quantitative estimate of drug-likeness (QED) is 0.513. The molecule has 0 aliphatic rings. The van der Waals surface area contributed by atoms with Crippen LogP contribution in [-0.4, -0.2) is 4.57 Å². The van der Waals surface area contributed by atoms with Crippen LogP contribution >= 0.6 is 11.3 Å². The number of rotatable bonds is 0. The number of aromatic nitrogens is 1. The fourth-order valence-electron chi connectivity index (χ4n) is 1.65. The molecule has 1 nitrogen and oxygen atoms in total. The lowest BCUT2D eigenvalue weighted by Crippen LogP contribution is -1.84. The lowest BCUT2D eigenvalue weighted by molar-refractivity contribution is 1.20. The van der Waals surface area contributed by atoms with Gasteiger partial charge in [-0.25, -0.2) is 0 Å². The molecule has 0 saturated heterocycles. The van der Waals surface area contributed by atoms with Crippen molar-refractivity contribution < 1.29 is 0 Å². The number of nitrogens with zero attached hydrogens (tertiary/aromatic N) is 1. The molecule has 0 aliphatic carbocycles. The summed E-state index contributed by atoms with van der Waals surface area (Å²) in [5.41, 5.74) is 1.16. The number of hydrogen-bond acceptors (Lipinski definition) is 1. The van der Waals surface area contributed by atoms with Gasteiger partial charge < -0.3 is 0 Å². The van der Waals surface area contributed by atoms with Gasteiger partial charge >= 0.3 is 0 Å². The zero-order valence-electron chi connectivity index (χ0n) is 8.55. The zero-order chi connectivity index (χ0) is 10.8. The molecule has 3 rings (SSSR count). The highest BCUT2D eigenvalue weighted by molar-refractivity contribution is 7.10. The van der Waals surface area contributed by atoms with Crippen molar-refractivity contribution in [1.29, 1.82) is 0 Å². The molecule has 0 N–H and O–H groups in total. The van der Waals surface area contributed by atoms with Crippen molar-refractivity contribution in [2.24, 2.45) is 0 Å². The molecule has 76 valence electrons. The highest BCUT2D eigenvalue weighted by Gasteiger charge is 1.95. The maximum absolute atomic E-state index is 3.15. The highest BCUT2D eigenvalue weighted by atomic mass is 32.1. The Bertz CT molecular complexity index is 665. The maximum Gasteiger partial charge on any atom is 0.0787 e. The zero-order valence-corrected chi connectivity index (χ0v) is 9.37. The molecule has 2 heteroatoms. The van der Waals surface area contributed by atoms with Crippen LogP contribution < -0.4 is 0 Å². The molecule has 0 radical (unpaired) electrons. The Hall–Kier alpha value is -1.98. The van der Waals surface area contributed by atoms with Crippen LogP contribution in [0.25, 0.3) is 10.9 Å². The molecule has 0 unspecified atom stereocenters. The van der Waals surface area contributed by atoms with E-state index in [1.54, 1.807) is 11.3 Å². The van der Waals surface area contributed by atoms with Crippen molar-refractivity contribution in [1.82, 2.24) is 4.57 Å². The first-order valence-electron chi connectivity index (χ1n) is 5.05. The van der Waals surface area contributed by atoms with Gasteiger partial charge in [0.05, 0.1) is 10.4 Å². The van der Waals surface area contributed by atoms with E-state index in [1.165, 1.54) is 5.39 Å². The van der Waals surface area contributed by atoms with Gasteiger partial charge in [0.25, 0.3) is 0 Å². The number of benzene rings is 1. The van der Waals surface area contributed by atoms with E-state index in [4.69, 9.17) is 0 Å². The summed E-state index contributed by atoms with van der Waals surface area (Å²) in [5.74, 6) is 3.15. The van der Waals surface area contributed by atoms with Crippen LogP contribution in [0.1, 0.15) is 4.88 Å². The number of para-hydroxylation sites is 1. The third-order valence-electron chi connectivity index (χ3n) is 2.42. The third kappa shape index (κ3) is 1.62.